The Morgan fingerprint density at radius 3 is 2.89 bits per heavy atom. The third kappa shape index (κ3) is 3.56. The first-order chi connectivity index (χ1) is 9.20. The van der Waals surface area contributed by atoms with Crippen molar-refractivity contribution in [2.45, 2.75) is 20.0 Å². The van der Waals surface area contributed by atoms with Crippen LogP contribution in [-0.2, 0) is 13.1 Å². The van der Waals surface area contributed by atoms with Crippen molar-refractivity contribution in [3.63, 3.8) is 0 Å². The number of benzene rings is 1. The molecule has 1 aromatic carbocycles. The molecule has 0 fully saturated rings. The second kappa shape index (κ2) is 6.36. The number of amidine groups is 1. The Labute approximate surface area is 116 Å². The monoisotopic (exact) mass is 275 g/mol. The molecule has 0 amide bonds. The number of hydrogen-bond acceptors (Lipinski definition) is 4. The lowest BCUT2D eigenvalue weighted by Crippen LogP contribution is -2.15. The van der Waals surface area contributed by atoms with Crippen molar-refractivity contribution in [2.75, 3.05) is 0 Å². The van der Waals surface area contributed by atoms with E-state index in [-0.39, 0.29) is 5.84 Å². The molecule has 0 aliphatic rings. The molecule has 1 aromatic heterocycles. The quantitative estimate of drug-likeness (QED) is 0.340. The van der Waals surface area contributed by atoms with Gasteiger partial charge in [0.2, 0.25) is 0 Å². The fourth-order valence-corrected chi connectivity index (χ4v) is 2.68. The van der Waals surface area contributed by atoms with Crippen LogP contribution in [0.5, 0.6) is 0 Å². The van der Waals surface area contributed by atoms with Crippen LogP contribution < -0.4 is 11.1 Å². The average molecular weight is 275 g/mol. The van der Waals surface area contributed by atoms with E-state index in [2.05, 4.69) is 28.8 Å². The number of nitrogens with one attached hydrogen (secondary N) is 1. The summed E-state index contributed by atoms with van der Waals surface area (Å²) in [5.74, 6) is 0.135. The van der Waals surface area contributed by atoms with E-state index in [1.165, 1.54) is 10.4 Å². The van der Waals surface area contributed by atoms with E-state index in [0.717, 1.165) is 24.2 Å². The van der Waals surface area contributed by atoms with Crippen molar-refractivity contribution in [1.82, 2.24) is 5.32 Å². The molecule has 0 aliphatic heterocycles. The second-order valence-electron chi connectivity index (χ2n) is 4.32. The van der Waals surface area contributed by atoms with Gasteiger partial charge in [0.15, 0.2) is 5.84 Å². The lowest BCUT2D eigenvalue weighted by atomic mass is 10.1. The van der Waals surface area contributed by atoms with Crippen molar-refractivity contribution in [2.24, 2.45) is 10.9 Å². The fourth-order valence-electron chi connectivity index (χ4n) is 1.80. The molecule has 0 radical (unpaired) electrons. The summed E-state index contributed by atoms with van der Waals surface area (Å²) in [6.07, 6.45) is 0. The Bertz CT molecular complexity index is 578. The highest BCUT2D eigenvalue weighted by Crippen LogP contribution is 2.15. The predicted molar refractivity (Wildman–Crippen MR) is 78.6 cm³/mol. The Kier molecular flexibility index (Phi) is 4.54. The fraction of sp³-hybridized carbons (Fsp3) is 0.214. The molecule has 4 N–H and O–H groups in total. The summed E-state index contributed by atoms with van der Waals surface area (Å²) in [6, 6.07) is 9.79. The third-order valence-corrected chi connectivity index (χ3v) is 3.94. The molecular weight excluding hydrogens is 258 g/mol. The molecule has 0 saturated heterocycles. The number of rotatable bonds is 5. The summed E-state index contributed by atoms with van der Waals surface area (Å²) in [5, 5.41) is 17.2. The van der Waals surface area contributed by atoms with Gasteiger partial charge in [-0.1, -0.05) is 23.4 Å². The van der Waals surface area contributed by atoms with Gasteiger partial charge in [-0.05, 0) is 35.6 Å². The molecule has 5 heteroatoms. The standard InChI is InChI=1S/C14H17N3OS/c1-10-5-6-19-13(10)9-16-8-11-3-2-4-12(7-11)14(15)17-18/h2-7,16,18H,8-9H2,1H3,(H2,15,17). The molecule has 0 saturated carbocycles. The first-order valence-electron chi connectivity index (χ1n) is 6.01. The van der Waals surface area contributed by atoms with Gasteiger partial charge in [-0.3, -0.25) is 0 Å². The van der Waals surface area contributed by atoms with E-state index in [1.54, 1.807) is 11.3 Å². The molecule has 1 heterocycles. The summed E-state index contributed by atoms with van der Waals surface area (Å²) in [6.45, 7) is 3.73. The van der Waals surface area contributed by atoms with Crippen molar-refractivity contribution in [3.8, 4) is 0 Å². The predicted octanol–water partition coefficient (Wildman–Crippen LogP) is 2.44. The minimum absolute atomic E-state index is 0.135. The van der Waals surface area contributed by atoms with E-state index >= 15 is 0 Å². The van der Waals surface area contributed by atoms with Gasteiger partial charge in [-0.2, -0.15) is 0 Å². The van der Waals surface area contributed by atoms with E-state index < -0.39 is 0 Å². The molecule has 100 valence electrons. The summed E-state index contributed by atoms with van der Waals surface area (Å²) in [7, 11) is 0. The van der Waals surface area contributed by atoms with Gasteiger partial charge in [0.05, 0.1) is 0 Å². The molecule has 0 unspecified atom stereocenters. The topological polar surface area (TPSA) is 70.6 Å². The SMILES string of the molecule is Cc1ccsc1CNCc1cccc(C(N)=NO)c1. The van der Waals surface area contributed by atoms with Crippen LogP contribution in [0.3, 0.4) is 0 Å². The van der Waals surface area contributed by atoms with Gasteiger partial charge in [0.1, 0.15) is 0 Å². The number of nitrogens with zero attached hydrogens (tertiary/aromatic N) is 1. The maximum absolute atomic E-state index is 8.66. The van der Waals surface area contributed by atoms with Crippen LogP contribution in [0.15, 0.2) is 40.9 Å². The smallest absolute Gasteiger partial charge is 0.170 e. The van der Waals surface area contributed by atoms with Gasteiger partial charge >= 0.3 is 0 Å². The maximum Gasteiger partial charge on any atom is 0.170 e. The summed E-state index contributed by atoms with van der Waals surface area (Å²) in [5.41, 5.74) is 8.73. The zero-order valence-electron chi connectivity index (χ0n) is 10.8. The highest BCUT2D eigenvalue weighted by Gasteiger charge is 2.02. The highest BCUT2D eigenvalue weighted by atomic mass is 32.1. The van der Waals surface area contributed by atoms with Gasteiger partial charge in [-0.15, -0.1) is 11.3 Å². The van der Waals surface area contributed by atoms with E-state index in [4.69, 9.17) is 10.9 Å². The zero-order chi connectivity index (χ0) is 13.7. The van der Waals surface area contributed by atoms with E-state index in [1.807, 2.05) is 24.3 Å². The van der Waals surface area contributed by atoms with E-state index in [0.29, 0.717) is 0 Å². The average Bonchev–Trinajstić information content (AvgIpc) is 2.84. The molecule has 2 aromatic rings. The van der Waals surface area contributed by atoms with Crippen molar-refractivity contribution in [1.29, 1.82) is 0 Å². The minimum atomic E-state index is 0.135. The van der Waals surface area contributed by atoms with Gasteiger partial charge in [-0.25, -0.2) is 0 Å². The number of oxime groups is 1. The Morgan fingerprint density at radius 2 is 2.21 bits per heavy atom. The Morgan fingerprint density at radius 1 is 1.37 bits per heavy atom. The first-order valence-corrected chi connectivity index (χ1v) is 6.89. The molecule has 2 rings (SSSR count). The molecule has 0 bridgehead atoms. The molecule has 0 atom stereocenters. The number of nitrogens with two attached hydrogens (primary N) is 1. The van der Waals surface area contributed by atoms with Crippen LogP contribution in [0.2, 0.25) is 0 Å². The normalized spacial score (nSPS) is 11.7. The summed E-state index contributed by atoms with van der Waals surface area (Å²) >= 11 is 1.76. The third-order valence-electron chi connectivity index (χ3n) is 2.91. The van der Waals surface area contributed by atoms with Gasteiger partial charge in [0, 0.05) is 23.5 Å². The molecule has 0 spiro atoms. The zero-order valence-corrected chi connectivity index (χ0v) is 11.6. The first kappa shape index (κ1) is 13.6. The van der Waals surface area contributed by atoms with Crippen LogP contribution in [0.25, 0.3) is 0 Å². The lowest BCUT2D eigenvalue weighted by Gasteiger charge is -2.06. The van der Waals surface area contributed by atoms with Crippen LogP contribution >= 0.6 is 11.3 Å². The second-order valence-corrected chi connectivity index (χ2v) is 5.32. The number of hydrogen-bond donors (Lipinski definition) is 3. The minimum Gasteiger partial charge on any atom is -0.409 e. The largest absolute Gasteiger partial charge is 0.409 e. The maximum atomic E-state index is 8.66. The van der Waals surface area contributed by atoms with Gasteiger partial charge in [0.25, 0.3) is 0 Å². The summed E-state index contributed by atoms with van der Waals surface area (Å²) < 4.78 is 0. The Hall–Kier alpha value is -1.85. The van der Waals surface area contributed by atoms with Crippen LogP contribution in [0.1, 0.15) is 21.6 Å². The molecule has 0 aliphatic carbocycles. The van der Waals surface area contributed by atoms with Crippen LogP contribution in [-0.4, -0.2) is 11.0 Å². The van der Waals surface area contributed by atoms with E-state index in [9.17, 15) is 0 Å². The number of aryl methyl sites for hydroxylation is 1. The summed E-state index contributed by atoms with van der Waals surface area (Å²) in [4.78, 5) is 1.35. The molecule has 19 heavy (non-hydrogen) atoms. The molecular formula is C14H17N3OS. The van der Waals surface area contributed by atoms with Gasteiger partial charge < -0.3 is 16.3 Å². The Balaban J connectivity index is 1.95. The van der Waals surface area contributed by atoms with Crippen LogP contribution in [0, 0.1) is 6.92 Å². The lowest BCUT2D eigenvalue weighted by molar-refractivity contribution is 0.318. The van der Waals surface area contributed by atoms with Crippen molar-refractivity contribution >= 4 is 17.2 Å². The van der Waals surface area contributed by atoms with Crippen LogP contribution in [0.4, 0.5) is 0 Å². The highest BCUT2D eigenvalue weighted by molar-refractivity contribution is 7.10. The van der Waals surface area contributed by atoms with Crippen molar-refractivity contribution in [3.05, 3.63) is 57.3 Å². The molecule has 4 nitrogen and oxygen atoms in total. The number of thiophene rings is 1. The van der Waals surface area contributed by atoms with Crippen molar-refractivity contribution < 1.29 is 5.21 Å².